The van der Waals surface area contributed by atoms with Gasteiger partial charge in [-0.05, 0) is 49.6 Å². The first-order valence-electron chi connectivity index (χ1n) is 8.86. The second-order valence-corrected chi connectivity index (χ2v) is 6.82. The average Bonchev–Trinajstić information content (AvgIpc) is 3.04. The summed E-state index contributed by atoms with van der Waals surface area (Å²) in [6.07, 6.45) is 2.80. The number of aryl methyl sites for hydroxylation is 1. The highest BCUT2D eigenvalue weighted by Gasteiger charge is 2.33. The molecule has 0 saturated heterocycles. The summed E-state index contributed by atoms with van der Waals surface area (Å²) in [7, 11) is 0. The molecule has 0 amide bonds. The lowest BCUT2D eigenvalue weighted by atomic mass is 9.84. The van der Waals surface area contributed by atoms with Gasteiger partial charge in [0, 0.05) is 18.2 Å². The van der Waals surface area contributed by atoms with E-state index in [0.717, 1.165) is 41.5 Å². The summed E-state index contributed by atoms with van der Waals surface area (Å²) < 4.78 is 1.83. The van der Waals surface area contributed by atoms with Crippen molar-refractivity contribution in [1.82, 2.24) is 15.0 Å². The highest BCUT2D eigenvalue weighted by Crippen LogP contribution is 2.31. The minimum absolute atomic E-state index is 0.0173. The number of nitrogens with one attached hydrogen (secondary N) is 1. The number of nitrogens with zero attached hydrogens (tertiary/aromatic N) is 3. The first-order chi connectivity index (χ1) is 12.2. The lowest BCUT2D eigenvalue weighted by Crippen LogP contribution is -2.35. The van der Waals surface area contributed by atoms with Crippen molar-refractivity contribution in [2.24, 2.45) is 5.92 Å². The number of ketones is 1. The molecule has 1 aromatic heterocycles. The van der Waals surface area contributed by atoms with Crippen LogP contribution in [0, 0.1) is 12.8 Å². The van der Waals surface area contributed by atoms with Crippen molar-refractivity contribution >= 4 is 22.5 Å². The number of rotatable bonds is 4. The number of Topliss-reactive ketones (excluding diaryl/α,β-unsaturated/α-hetero) is 1. The largest absolute Gasteiger partial charge is 0.384 e. The fourth-order valence-corrected chi connectivity index (χ4v) is 3.64. The first-order valence-corrected chi connectivity index (χ1v) is 8.86. The summed E-state index contributed by atoms with van der Waals surface area (Å²) in [6, 6.07) is 15.9. The van der Waals surface area contributed by atoms with Gasteiger partial charge < -0.3 is 5.32 Å². The number of carbonyl (C=O) groups excluding carboxylic acids is 1. The van der Waals surface area contributed by atoms with Crippen molar-refractivity contribution in [2.75, 3.05) is 11.9 Å². The summed E-state index contributed by atoms with van der Waals surface area (Å²) in [5, 5.41) is 11.9. The predicted octanol–water partition coefficient (Wildman–Crippen LogP) is 3.76. The number of benzene rings is 2. The molecular formula is C20H22N4O. The third kappa shape index (κ3) is 3.14. The van der Waals surface area contributed by atoms with Crippen LogP contribution in [-0.2, 0) is 4.79 Å². The lowest BCUT2D eigenvalue weighted by Gasteiger charge is -2.28. The monoisotopic (exact) mass is 334 g/mol. The molecule has 1 aliphatic rings. The van der Waals surface area contributed by atoms with Gasteiger partial charge in [-0.2, -0.15) is 0 Å². The number of para-hydroxylation sites is 1. The molecule has 0 spiro atoms. The van der Waals surface area contributed by atoms with Crippen molar-refractivity contribution in [1.29, 1.82) is 0 Å². The van der Waals surface area contributed by atoms with Gasteiger partial charge in [0.15, 0.2) is 5.78 Å². The topological polar surface area (TPSA) is 59.8 Å². The standard InChI is InChI=1S/C20H22N4O/c1-14-10-11-18-17(12-14)22-23-24(18)19-9-5-6-15(20(19)25)13-21-16-7-3-2-4-8-16/h2-4,7-8,10-12,15,19,21H,5-6,9,13H2,1H3. The Balaban J connectivity index is 1.53. The smallest absolute Gasteiger partial charge is 0.162 e. The first kappa shape index (κ1) is 15.8. The average molecular weight is 334 g/mol. The van der Waals surface area contributed by atoms with Crippen LogP contribution < -0.4 is 5.32 Å². The fraction of sp³-hybridized carbons (Fsp3) is 0.350. The van der Waals surface area contributed by atoms with Crippen LogP contribution in [0.2, 0.25) is 0 Å². The lowest BCUT2D eigenvalue weighted by molar-refractivity contribution is -0.128. The van der Waals surface area contributed by atoms with Gasteiger partial charge in [0.05, 0.1) is 5.52 Å². The molecule has 0 aliphatic heterocycles. The van der Waals surface area contributed by atoms with Crippen molar-refractivity contribution in [3.05, 3.63) is 54.1 Å². The Morgan fingerprint density at radius 1 is 1.16 bits per heavy atom. The Morgan fingerprint density at radius 3 is 2.84 bits per heavy atom. The van der Waals surface area contributed by atoms with E-state index in [1.165, 1.54) is 0 Å². The molecule has 5 nitrogen and oxygen atoms in total. The number of hydrogen-bond acceptors (Lipinski definition) is 4. The van der Waals surface area contributed by atoms with Crippen LogP contribution in [0.5, 0.6) is 0 Å². The van der Waals surface area contributed by atoms with Gasteiger partial charge in [0.25, 0.3) is 0 Å². The van der Waals surface area contributed by atoms with E-state index in [1.807, 2.05) is 60.1 Å². The molecule has 2 unspecified atom stereocenters. The molecule has 1 fully saturated rings. The molecule has 1 N–H and O–H groups in total. The molecule has 25 heavy (non-hydrogen) atoms. The molecule has 1 saturated carbocycles. The second-order valence-electron chi connectivity index (χ2n) is 6.82. The maximum Gasteiger partial charge on any atom is 0.162 e. The Labute approximate surface area is 147 Å². The van der Waals surface area contributed by atoms with E-state index in [0.29, 0.717) is 6.54 Å². The summed E-state index contributed by atoms with van der Waals surface area (Å²) in [4.78, 5) is 13.0. The van der Waals surface area contributed by atoms with Gasteiger partial charge in [-0.25, -0.2) is 4.68 Å². The van der Waals surface area contributed by atoms with E-state index in [2.05, 4.69) is 15.6 Å². The molecule has 128 valence electrons. The third-order valence-corrected chi connectivity index (χ3v) is 5.01. The van der Waals surface area contributed by atoms with Gasteiger partial charge in [0.2, 0.25) is 0 Å². The quantitative estimate of drug-likeness (QED) is 0.789. The Kier molecular flexibility index (Phi) is 4.22. The molecule has 0 radical (unpaired) electrons. The minimum atomic E-state index is -0.205. The molecule has 0 bridgehead atoms. The molecule has 2 atom stereocenters. The highest BCUT2D eigenvalue weighted by molar-refractivity contribution is 5.88. The number of hydrogen-bond donors (Lipinski definition) is 1. The third-order valence-electron chi connectivity index (χ3n) is 5.01. The maximum atomic E-state index is 13.0. The van der Waals surface area contributed by atoms with Gasteiger partial charge >= 0.3 is 0 Å². The van der Waals surface area contributed by atoms with Crippen molar-refractivity contribution in [3.8, 4) is 0 Å². The second kappa shape index (κ2) is 6.67. The van der Waals surface area contributed by atoms with Gasteiger partial charge in [0.1, 0.15) is 11.6 Å². The number of anilines is 1. The van der Waals surface area contributed by atoms with E-state index >= 15 is 0 Å². The van der Waals surface area contributed by atoms with Crippen LogP contribution in [0.15, 0.2) is 48.5 Å². The Hall–Kier alpha value is -2.69. The van der Waals surface area contributed by atoms with E-state index in [1.54, 1.807) is 0 Å². The summed E-state index contributed by atoms with van der Waals surface area (Å²) >= 11 is 0. The molecular weight excluding hydrogens is 312 g/mol. The van der Waals surface area contributed by atoms with E-state index < -0.39 is 0 Å². The number of fused-ring (bicyclic) bond motifs is 1. The van der Waals surface area contributed by atoms with Crippen LogP contribution >= 0.6 is 0 Å². The predicted molar refractivity (Wildman–Crippen MR) is 98.6 cm³/mol. The molecule has 5 heteroatoms. The van der Waals surface area contributed by atoms with Crippen LogP contribution in [0.3, 0.4) is 0 Å². The normalized spacial score (nSPS) is 20.8. The zero-order valence-corrected chi connectivity index (χ0v) is 14.4. The van der Waals surface area contributed by atoms with Crippen molar-refractivity contribution in [3.63, 3.8) is 0 Å². The van der Waals surface area contributed by atoms with Crippen LogP contribution in [0.25, 0.3) is 11.0 Å². The highest BCUT2D eigenvalue weighted by atomic mass is 16.1. The van der Waals surface area contributed by atoms with Gasteiger partial charge in [-0.3, -0.25) is 4.79 Å². The van der Waals surface area contributed by atoms with Gasteiger partial charge in [-0.15, -0.1) is 5.10 Å². The Morgan fingerprint density at radius 2 is 2.00 bits per heavy atom. The maximum absolute atomic E-state index is 13.0. The zero-order chi connectivity index (χ0) is 17.2. The molecule has 1 aliphatic carbocycles. The molecule has 4 rings (SSSR count). The van der Waals surface area contributed by atoms with E-state index in [4.69, 9.17) is 0 Å². The number of carbonyl (C=O) groups is 1. The molecule has 3 aromatic rings. The van der Waals surface area contributed by atoms with Crippen LogP contribution in [0.1, 0.15) is 30.9 Å². The van der Waals surface area contributed by atoms with E-state index in [9.17, 15) is 4.79 Å². The fourth-order valence-electron chi connectivity index (χ4n) is 3.64. The van der Waals surface area contributed by atoms with E-state index in [-0.39, 0.29) is 17.7 Å². The van der Waals surface area contributed by atoms with Crippen molar-refractivity contribution < 1.29 is 4.79 Å². The minimum Gasteiger partial charge on any atom is -0.384 e. The summed E-state index contributed by atoms with van der Waals surface area (Å²) in [5.41, 5.74) is 4.01. The zero-order valence-electron chi connectivity index (χ0n) is 14.4. The molecule has 1 heterocycles. The summed E-state index contributed by atoms with van der Waals surface area (Å²) in [6.45, 7) is 2.71. The molecule has 2 aromatic carbocycles. The Bertz CT molecular complexity index is 887. The van der Waals surface area contributed by atoms with Gasteiger partial charge in [-0.1, -0.05) is 35.9 Å². The summed E-state index contributed by atoms with van der Waals surface area (Å²) in [5.74, 6) is 0.283. The SMILES string of the molecule is Cc1ccc2c(c1)nnn2C1CCCC(CNc2ccccc2)C1=O. The van der Waals surface area contributed by atoms with Crippen molar-refractivity contribution in [2.45, 2.75) is 32.2 Å². The number of aromatic nitrogens is 3. The van der Waals surface area contributed by atoms with Crippen LogP contribution in [0.4, 0.5) is 5.69 Å². The van der Waals surface area contributed by atoms with Crippen LogP contribution in [-0.4, -0.2) is 27.3 Å².